The van der Waals surface area contributed by atoms with E-state index in [2.05, 4.69) is 34.2 Å². The first-order valence-electron chi connectivity index (χ1n) is 11.1. The van der Waals surface area contributed by atoms with Crippen molar-refractivity contribution >= 4 is 20.9 Å². The summed E-state index contributed by atoms with van der Waals surface area (Å²) in [6, 6.07) is 13.5. The number of aromatic nitrogens is 4. The molecule has 8 heteroatoms. The molecule has 5 rings (SSSR count). The van der Waals surface area contributed by atoms with E-state index in [1.54, 1.807) is 31.5 Å². The number of pyridine rings is 1. The zero-order valence-electron chi connectivity index (χ0n) is 19.2. The first-order valence-corrected chi connectivity index (χ1v) is 12.6. The summed E-state index contributed by atoms with van der Waals surface area (Å²) in [7, 11) is -4.06. The van der Waals surface area contributed by atoms with Crippen LogP contribution in [0.15, 0.2) is 95.3 Å². The van der Waals surface area contributed by atoms with Crippen LogP contribution < -0.4 is 5.56 Å². The highest BCUT2D eigenvalue weighted by Gasteiger charge is 2.51. The van der Waals surface area contributed by atoms with Crippen molar-refractivity contribution in [1.82, 2.24) is 19.2 Å². The fraction of sp³-hybridized carbons (Fsp3) is 0.231. The summed E-state index contributed by atoms with van der Waals surface area (Å²) in [6.07, 6.45) is 10.4. The Morgan fingerprint density at radius 1 is 1.15 bits per heavy atom. The molecule has 1 aliphatic carbocycles. The molecule has 34 heavy (non-hydrogen) atoms. The highest BCUT2D eigenvalue weighted by atomic mass is 32.2. The number of hydrogen-bond donors (Lipinski definition) is 2. The maximum Gasteiger partial charge on any atom is 0.273 e. The number of nitrogens with zero attached hydrogens (tertiary/aromatic N) is 2. The van der Waals surface area contributed by atoms with Crippen LogP contribution in [-0.4, -0.2) is 32.3 Å². The number of nitrogens with one attached hydrogen (secondary N) is 2. The lowest BCUT2D eigenvalue weighted by Crippen LogP contribution is -2.46. The van der Waals surface area contributed by atoms with Gasteiger partial charge in [0.1, 0.15) is 10.3 Å². The van der Waals surface area contributed by atoms with Crippen molar-refractivity contribution in [2.75, 3.05) is 0 Å². The van der Waals surface area contributed by atoms with Crippen LogP contribution in [0.5, 0.6) is 0 Å². The van der Waals surface area contributed by atoms with Gasteiger partial charge in [-0.15, -0.1) is 0 Å². The van der Waals surface area contributed by atoms with E-state index in [0.717, 1.165) is 20.7 Å². The molecule has 1 aromatic carbocycles. The molecular weight excluding hydrogens is 448 g/mol. The summed E-state index contributed by atoms with van der Waals surface area (Å²) in [5, 5.41) is 7.49. The average molecular weight is 475 g/mol. The Balaban J connectivity index is 1.70. The first kappa shape index (κ1) is 22.2. The van der Waals surface area contributed by atoms with Gasteiger partial charge in [-0.25, -0.2) is 12.4 Å². The zero-order valence-corrected chi connectivity index (χ0v) is 20.0. The highest BCUT2D eigenvalue weighted by Crippen LogP contribution is 2.48. The molecule has 0 saturated carbocycles. The Kier molecular flexibility index (Phi) is 5.20. The number of allylic oxidation sites excluding steroid dienone is 3. The second-order valence-electron chi connectivity index (χ2n) is 8.97. The van der Waals surface area contributed by atoms with Crippen molar-refractivity contribution in [2.24, 2.45) is 0 Å². The van der Waals surface area contributed by atoms with E-state index in [0.29, 0.717) is 11.0 Å². The molecule has 174 valence electrons. The molecule has 0 bridgehead atoms. The van der Waals surface area contributed by atoms with Crippen LogP contribution >= 0.6 is 0 Å². The molecule has 0 amide bonds. The topological polar surface area (TPSA) is 101 Å². The first-order chi connectivity index (χ1) is 16.2. The van der Waals surface area contributed by atoms with Gasteiger partial charge in [-0.1, -0.05) is 49.4 Å². The Morgan fingerprint density at radius 3 is 2.62 bits per heavy atom. The van der Waals surface area contributed by atoms with Gasteiger partial charge >= 0.3 is 0 Å². The quantitative estimate of drug-likeness (QED) is 0.446. The lowest BCUT2D eigenvalue weighted by atomic mass is 9.75. The van der Waals surface area contributed by atoms with E-state index in [-0.39, 0.29) is 11.4 Å². The fourth-order valence-corrected chi connectivity index (χ4v) is 6.97. The van der Waals surface area contributed by atoms with Gasteiger partial charge < -0.3 is 4.98 Å². The van der Waals surface area contributed by atoms with Crippen LogP contribution in [0.3, 0.4) is 0 Å². The van der Waals surface area contributed by atoms with Crippen LogP contribution in [0.25, 0.3) is 10.9 Å². The lowest BCUT2D eigenvalue weighted by molar-refractivity contribution is 0.522. The molecule has 0 spiro atoms. The van der Waals surface area contributed by atoms with Crippen molar-refractivity contribution in [2.45, 2.75) is 37.4 Å². The summed E-state index contributed by atoms with van der Waals surface area (Å²) in [5.41, 5.74) is 3.33. The van der Waals surface area contributed by atoms with Crippen molar-refractivity contribution in [3.05, 3.63) is 112 Å². The minimum atomic E-state index is -4.06. The van der Waals surface area contributed by atoms with Crippen LogP contribution in [0, 0.1) is 0 Å². The van der Waals surface area contributed by atoms with E-state index in [1.165, 1.54) is 12.4 Å². The molecule has 7 nitrogen and oxygen atoms in total. The third-order valence-electron chi connectivity index (χ3n) is 7.17. The van der Waals surface area contributed by atoms with Crippen LogP contribution in [-0.2, 0) is 10.0 Å². The third kappa shape index (κ3) is 3.20. The molecule has 3 heterocycles. The summed E-state index contributed by atoms with van der Waals surface area (Å²) in [5.74, 6) is -0.435. The standard InChI is InChI=1S/C26H26N4O3S/c1-17-13-21(18(2)19-7-5-4-6-8-19)14-23(22-15-28-29-16-22)26(17,3)34(32,33)30-12-10-20-9-11-27-25(31)24(20)30/h4-16,18,23H,1-3H3,(H,27,31)(H,28,29). The number of hydrogen-bond acceptors (Lipinski definition) is 4. The molecule has 3 unspecified atom stereocenters. The van der Waals surface area contributed by atoms with Gasteiger partial charge in [0.05, 0.1) is 6.20 Å². The predicted molar refractivity (Wildman–Crippen MR) is 133 cm³/mol. The van der Waals surface area contributed by atoms with Gasteiger partial charge in [0.2, 0.25) is 10.0 Å². The molecule has 1 aliphatic rings. The zero-order chi connectivity index (χ0) is 24.1. The SMILES string of the molecule is CC1=CC(C(C)c2ccccc2)=CC(c2cn[nH]c2)C1(C)S(=O)(=O)n1ccc2cc[nH]c(=O)c21. The van der Waals surface area contributed by atoms with Gasteiger partial charge in [-0.2, -0.15) is 5.10 Å². The molecule has 0 aliphatic heterocycles. The third-order valence-corrected chi connectivity index (χ3v) is 9.64. The molecular formula is C26H26N4O3S. The Labute approximate surface area is 197 Å². The lowest BCUT2D eigenvalue weighted by Gasteiger charge is -2.40. The molecule has 0 radical (unpaired) electrons. The van der Waals surface area contributed by atoms with Crippen molar-refractivity contribution in [3.8, 4) is 0 Å². The fourth-order valence-electron chi connectivity index (χ4n) is 4.93. The molecule has 0 fully saturated rings. The van der Waals surface area contributed by atoms with Gasteiger partial charge in [-0.05, 0) is 48.3 Å². The second kappa shape index (κ2) is 7.99. The number of aromatic amines is 2. The van der Waals surface area contributed by atoms with Crippen molar-refractivity contribution in [1.29, 1.82) is 0 Å². The highest BCUT2D eigenvalue weighted by molar-refractivity contribution is 7.91. The minimum absolute atomic E-state index is 0.0769. The van der Waals surface area contributed by atoms with E-state index in [1.807, 2.05) is 37.3 Å². The summed E-state index contributed by atoms with van der Waals surface area (Å²) >= 11 is 0. The molecule has 3 atom stereocenters. The van der Waals surface area contributed by atoms with E-state index in [9.17, 15) is 13.2 Å². The van der Waals surface area contributed by atoms with Gasteiger partial charge in [0, 0.05) is 35.8 Å². The van der Waals surface area contributed by atoms with Gasteiger partial charge in [0.15, 0.2) is 0 Å². The summed E-state index contributed by atoms with van der Waals surface area (Å²) in [6.45, 7) is 5.70. The molecule has 4 aromatic rings. The maximum absolute atomic E-state index is 14.3. The number of rotatable bonds is 5. The largest absolute Gasteiger partial charge is 0.327 e. The molecule has 2 N–H and O–H groups in total. The van der Waals surface area contributed by atoms with E-state index >= 15 is 0 Å². The Hall–Kier alpha value is -3.65. The Morgan fingerprint density at radius 2 is 1.91 bits per heavy atom. The monoisotopic (exact) mass is 474 g/mol. The summed E-state index contributed by atoms with van der Waals surface area (Å²) < 4.78 is 28.4. The maximum atomic E-state index is 14.3. The number of H-pyrrole nitrogens is 2. The normalized spacial score (nSPS) is 21.8. The predicted octanol–water partition coefficient (Wildman–Crippen LogP) is 4.46. The molecule has 3 aromatic heterocycles. The van der Waals surface area contributed by atoms with Crippen molar-refractivity contribution < 1.29 is 8.42 Å². The smallest absolute Gasteiger partial charge is 0.273 e. The van der Waals surface area contributed by atoms with Crippen LogP contribution in [0.4, 0.5) is 0 Å². The molecule has 0 saturated heterocycles. The minimum Gasteiger partial charge on any atom is -0.327 e. The Bertz CT molecular complexity index is 1580. The van der Waals surface area contributed by atoms with Crippen LogP contribution in [0.1, 0.15) is 43.7 Å². The van der Waals surface area contributed by atoms with E-state index in [4.69, 9.17) is 0 Å². The number of fused-ring (bicyclic) bond motifs is 1. The van der Waals surface area contributed by atoms with Crippen molar-refractivity contribution in [3.63, 3.8) is 0 Å². The second-order valence-corrected chi connectivity index (χ2v) is 11.2. The summed E-state index contributed by atoms with van der Waals surface area (Å²) in [4.78, 5) is 15.2. The van der Waals surface area contributed by atoms with E-state index < -0.39 is 26.2 Å². The average Bonchev–Trinajstić information content (AvgIpc) is 3.52. The van der Waals surface area contributed by atoms with Gasteiger partial charge in [-0.3, -0.25) is 9.89 Å². The number of benzene rings is 1. The van der Waals surface area contributed by atoms with Gasteiger partial charge in [0.25, 0.3) is 5.56 Å². The van der Waals surface area contributed by atoms with Crippen LogP contribution in [0.2, 0.25) is 0 Å².